The summed E-state index contributed by atoms with van der Waals surface area (Å²) < 4.78 is 4.50. The number of rotatable bonds is 5. The van der Waals surface area contributed by atoms with Crippen molar-refractivity contribution in [2.75, 3.05) is 0 Å². The molecule has 0 amide bonds. The summed E-state index contributed by atoms with van der Waals surface area (Å²) in [4.78, 5) is 4.83. The monoisotopic (exact) mass is 360 g/mol. The fraction of sp³-hybridized carbons (Fsp3) is 0.391. The normalized spacial score (nSPS) is 16.8. The van der Waals surface area contributed by atoms with Gasteiger partial charge in [-0.2, -0.15) is 5.10 Å². The lowest BCUT2D eigenvalue weighted by Crippen LogP contribution is -2.14. The third-order valence-corrected chi connectivity index (χ3v) is 5.88. The van der Waals surface area contributed by atoms with Crippen molar-refractivity contribution in [3.05, 3.63) is 71.5 Å². The van der Waals surface area contributed by atoms with Gasteiger partial charge in [0.15, 0.2) is 0 Å². The van der Waals surface area contributed by atoms with Crippen LogP contribution in [0.5, 0.6) is 0 Å². The van der Waals surface area contributed by atoms with Crippen molar-refractivity contribution >= 4 is 0 Å². The van der Waals surface area contributed by atoms with Crippen molar-refractivity contribution in [1.29, 1.82) is 0 Å². The van der Waals surface area contributed by atoms with Gasteiger partial charge in [-0.05, 0) is 45.6 Å². The Hall–Kier alpha value is -2.62. The summed E-state index contributed by atoms with van der Waals surface area (Å²) in [6.07, 6.45) is 10.1. The van der Waals surface area contributed by atoms with Crippen molar-refractivity contribution in [2.45, 2.75) is 59.0 Å². The second-order valence-corrected chi connectivity index (χ2v) is 7.54. The Morgan fingerprint density at radius 2 is 1.85 bits per heavy atom. The fourth-order valence-electron chi connectivity index (χ4n) is 4.06. The van der Waals surface area contributed by atoms with Crippen LogP contribution in [0.25, 0.3) is 11.3 Å². The molecule has 4 heteroatoms. The van der Waals surface area contributed by atoms with E-state index >= 15 is 0 Å². The molecule has 1 aromatic carbocycles. The van der Waals surface area contributed by atoms with E-state index in [1.54, 1.807) is 0 Å². The van der Waals surface area contributed by atoms with Crippen molar-refractivity contribution in [2.24, 2.45) is 0 Å². The van der Waals surface area contributed by atoms with Crippen LogP contribution in [0.1, 0.15) is 47.8 Å². The van der Waals surface area contributed by atoms with Crippen LogP contribution in [0.2, 0.25) is 0 Å². The molecule has 4 nitrogen and oxygen atoms in total. The molecule has 0 fully saturated rings. The van der Waals surface area contributed by atoms with E-state index in [9.17, 15) is 0 Å². The Kier molecular flexibility index (Phi) is 4.97. The van der Waals surface area contributed by atoms with E-state index in [0.29, 0.717) is 5.92 Å². The Morgan fingerprint density at radius 1 is 1.04 bits per heavy atom. The summed E-state index contributed by atoms with van der Waals surface area (Å²) in [7, 11) is 0. The molecule has 2 heterocycles. The van der Waals surface area contributed by atoms with Crippen LogP contribution in [0.15, 0.2) is 48.8 Å². The first-order valence-corrected chi connectivity index (χ1v) is 9.91. The van der Waals surface area contributed by atoms with Gasteiger partial charge in [-0.3, -0.25) is 4.68 Å². The molecule has 3 aromatic rings. The van der Waals surface area contributed by atoms with Gasteiger partial charge in [0.1, 0.15) is 0 Å². The first kappa shape index (κ1) is 17.8. The quantitative estimate of drug-likeness (QED) is 0.587. The van der Waals surface area contributed by atoms with E-state index in [2.05, 4.69) is 72.5 Å². The van der Waals surface area contributed by atoms with Crippen LogP contribution in [0.4, 0.5) is 0 Å². The van der Waals surface area contributed by atoms with Gasteiger partial charge in [-0.1, -0.05) is 42.5 Å². The Bertz CT molecular complexity index is 946. The van der Waals surface area contributed by atoms with Crippen molar-refractivity contribution in [1.82, 2.24) is 19.3 Å². The Labute approximate surface area is 161 Å². The average Bonchev–Trinajstić information content (AvgIpc) is 3.24. The Balaban J connectivity index is 1.66. The third kappa shape index (κ3) is 3.48. The van der Waals surface area contributed by atoms with E-state index in [4.69, 9.17) is 10.1 Å². The van der Waals surface area contributed by atoms with Crippen molar-refractivity contribution in [3.8, 4) is 11.3 Å². The predicted octanol–water partition coefficient (Wildman–Crippen LogP) is 5.20. The summed E-state index contributed by atoms with van der Waals surface area (Å²) in [5, 5.41) is 4.70. The molecule has 1 aliphatic carbocycles. The van der Waals surface area contributed by atoms with Gasteiger partial charge in [-0.15, -0.1) is 0 Å². The number of nitrogens with zero attached hydrogens (tertiary/aromatic N) is 4. The van der Waals surface area contributed by atoms with Gasteiger partial charge in [-0.25, -0.2) is 4.98 Å². The fourth-order valence-corrected chi connectivity index (χ4v) is 4.06. The lowest BCUT2D eigenvalue weighted by Gasteiger charge is -2.21. The van der Waals surface area contributed by atoms with Crippen LogP contribution in [-0.2, 0) is 13.1 Å². The maximum atomic E-state index is 4.83. The second-order valence-electron chi connectivity index (χ2n) is 7.54. The number of benzene rings is 1. The Morgan fingerprint density at radius 3 is 2.52 bits per heavy atom. The van der Waals surface area contributed by atoms with Crippen LogP contribution >= 0.6 is 0 Å². The van der Waals surface area contributed by atoms with E-state index < -0.39 is 0 Å². The molecular weight excluding hydrogens is 332 g/mol. The van der Waals surface area contributed by atoms with Gasteiger partial charge < -0.3 is 4.57 Å². The highest BCUT2D eigenvalue weighted by Gasteiger charge is 2.22. The molecule has 0 aliphatic heterocycles. The van der Waals surface area contributed by atoms with Crippen LogP contribution in [0, 0.1) is 20.8 Å². The minimum atomic E-state index is 0.537. The molecule has 140 valence electrons. The molecule has 0 spiro atoms. The summed E-state index contributed by atoms with van der Waals surface area (Å²) >= 11 is 0. The number of aryl methyl sites for hydroxylation is 3. The van der Waals surface area contributed by atoms with Crippen LogP contribution in [0.3, 0.4) is 0 Å². The lowest BCUT2D eigenvalue weighted by atomic mass is 9.89. The van der Waals surface area contributed by atoms with Gasteiger partial charge in [0.2, 0.25) is 0 Å². The minimum absolute atomic E-state index is 0.537. The molecule has 0 saturated carbocycles. The molecule has 0 bridgehead atoms. The molecule has 0 unspecified atom stereocenters. The summed E-state index contributed by atoms with van der Waals surface area (Å²) in [5.74, 6) is 0.537. The van der Waals surface area contributed by atoms with Gasteiger partial charge >= 0.3 is 0 Å². The highest BCUT2D eigenvalue weighted by molar-refractivity contribution is 5.62. The van der Waals surface area contributed by atoms with E-state index in [1.165, 1.54) is 28.9 Å². The number of hydrogen-bond donors (Lipinski definition) is 0. The topological polar surface area (TPSA) is 35.6 Å². The smallest absolute Gasteiger partial charge is 0.0956 e. The molecule has 4 rings (SSSR count). The van der Waals surface area contributed by atoms with Crippen LogP contribution < -0.4 is 0 Å². The van der Waals surface area contributed by atoms with E-state index in [-0.39, 0.29) is 0 Å². The number of allylic oxidation sites excluding steroid dienone is 2. The van der Waals surface area contributed by atoms with Crippen molar-refractivity contribution < 1.29 is 0 Å². The summed E-state index contributed by atoms with van der Waals surface area (Å²) in [6.45, 7) is 8.17. The van der Waals surface area contributed by atoms with Gasteiger partial charge in [0.05, 0.1) is 24.3 Å². The van der Waals surface area contributed by atoms with Crippen LogP contribution in [-0.4, -0.2) is 19.3 Å². The zero-order valence-corrected chi connectivity index (χ0v) is 16.5. The predicted molar refractivity (Wildman–Crippen MR) is 110 cm³/mol. The molecule has 1 aliphatic rings. The van der Waals surface area contributed by atoms with Crippen molar-refractivity contribution in [3.63, 3.8) is 0 Å². The highest BCUT2D eigenvalue weighted by Crippen LogP contribution is 2.35. The number of imidazole rings is 1. The molecule has 0 N–H and O–H groups in total. The molecule has 0 saturated heterocycles. The highest BCUT2D eigenvalue weighted by atomic mass is 15.3. The van der Waals surface area contributed by atoms with E-state index in [1.807, 2.05) is 6.33 Å². The molecule has 27 heavy (non-hydrogen) atoms. The van der Waals surface area contributed by atoms with E-state index in [0.717, 1.165) is 37.3 Å². The maximum Gasteiger partial charge on any atom is 0.0956 e. The standard InChI is InChI=1S/C23H28N4/c1-17-18(2)25-27(19(17)3)15-14-26-16-24-22(20-10-6-4-7-11-20)23(26)21-12-8-5-9-13-21/h4-8,10-11,16,21H,9,12-15H2,1-3H3/t21-/m1/s1. The molecule has 0 radical (unpaired) electrons. The summed E-state index contributed by atoms with van der Waals surface area (Å²) in [6, 6.07) is 10.6. The first-order valence-electron chi connectivity index (χ1n) is 9.91. The molecule has 2 aromatic heterocycles. The average molecular weight is 361 g/mol. The molecular formula is C23H28N4. The zero-order valence-electron chi connectivity index (χ0n) is 16.5. The second kappa shape index (κ2) is 7.55. The SMILES string of the molecule is Cc1nn(CCn2cnc(-c3ccccc3)c2[C@@H]2CC=CCC2)c(C)c1C. The minimum Gasteiger partial charge on any atom is -0.332 e. The summed E-state index contributed by atoms with van der Waals surface area (Å²) in [5.41, 5.74) is 7.41. The van der Waals surface area contributed by atoms with Gasteiger partial charge in [0, 0.05) is 29.4 Å². The first-order chi connectivity index (χ1) is 13.1. The number of hydrogen-bond acceptors (Lipinski definition) is 2. The zero-order chi connectivity index (χ0) is 18.8. The molecule has 1 atom stereocenters. The third-order valence-electron chi connectivity index (χ3n) is 5.88. The largest absolute Gasteiger partial charge is 0.332 e. The number of aromatic nitrogens is 4. The maximum absolute atomic E-state index is 4.83. The lowest BCUT2D eigenvalue weighted by molar-refractivity contribution is 0.488. The van der Waals surface area contributed by atoms with Gasteiger partial charge in [0.25, 0.3) is 0 Å².